The molecule has 170 valence electrons. The van der Waals surface area contributed by atoms with Gasteiger partial charge in [-0.25, -0.2) is 4.68 Å². The molecule has 1 aliphatic heterocycles. The van der Waals surface area contributed by atoms with Crippen LogP contribution in [-0.4, -0.2) is 27.3 Å². The van der Waals surface area contributed by atoms with Gasteiger partial charge in [0.1, 0.15) is 11.8 Å². The Morgan fingerprint density at radius 3 is 2.41 bits per heavy atom. The summed E-state index contributed by atoms with van der Waals surface area (Å²) in [6.45, 7) is 4.34. The molecule has 7 nitrogen and oxygen atoms in total. The summed E-state index contributed by atoms with van der Waals surface area (Å²) < 4.78 is 7.71. The zero-order chi connectivity index (χ0) is 23.5. The first-order valence-corrected chi connectivity index (χ1v) is 11.2. The van der Waals surface area contributed by atoms with E-state index in [-0.39, 0.29) is 5.91 Å². The minimum Gasteiger partial charge on any atom is -0.494 e. The zero-order valence-electron chi connectivity index (χ0n) is 19.0. The Morgan fingerprint density at radius 1 is 1.00 bits per heavy atom. The highest BCUT2D eigenvalue weighted by molar-refractivity contribution is 6.06. The van der Waals surface area contributed by atoms with Crippen molar-refractivity contribution in [3.05, 3.63) is 102 Å². The monoisotopic (exact) mass is 451 g/mol. The number of ether oxygens (including phenoxy) is 1. The number of para-hydroxylation sites is 2. The Bertz CT molecular complexity index is 1350. The summed E-state index contributed by atoms with van der Waals surface area (Å²) in [7, 11) is 0. The molecular weight excluding hydrogens is 426 g/mol. The van der Waals surface area contributed by atoms with E-state index in [2.05, 4.69) is 10.6 Å². The van der Waals surface area contributed by atoms with Crippen molar-refractivity contribution >= 4 is 17.5 Å². The molecule has 1 unspecified atom stereocenters. The molecule has 2 heterocycles. The quantitative estimate of drug-likeness (QED) is 0.417. The fraction of sp³-hybridized carbons (Fsp3) is 0.148. The summed E-state index contributed by atoms with van der Waals surface area (Å²) in [5.41, 5.74) is 3.72. The molecule has 3 aromatic carbocycles. The third-order valence-electron chi connectivity index (χ3n) is 5.67. The van der Waals surface area contributed by atoms with Gasteiger partial charge in [-0.2, -0.15) is 4.98 Å². The molecule has 2 N–H and O–H groups in total. The Morgan fingerprint density at radius 2 is 1.68 bits per heavy atom. The second-order valence-electron chi connectivity index (χ2n) is 7.93. The lowest BCUT2D eigenvalue weighted by atomic mass is 9.94. The summed E-state index contributed by atoms with van der Waals surface area (Å²) in [5, 5.41) is 11.1. The summed E-state index contributed by atoms with van der Waals surface area (Å²) >= 11 is 0. The van der Waals surface area contributed by atoms with Crippen LogP contribution < -0.4 is 15.4 Å². The minimum atomic E-state index is -0.521. The third kappa shape index (κ3) is 4.03. The van der Waals surface area contributed by atoms with Crippen molar-refractivity contribution in [1.82, 2.24) is 14.8 Å². The SMILES string of the molecule is CCOc1ccccc1C1C(C(=O)Nc2ccccc2)=C(C)Nc2nc(-c3ccccc3)nn21. The number of hydrogen-bond donors (Lipinski definition) is 2. The molecule has 1 aliphatic rings. The Kier molecular flexibility index (Phi) is 5.82. The van der Waals surface area contributed by atoms with Crippen LogP contribution in [0.1, 0.15) is 25.5 Å². The van der Waals surface area contributed by atoms with Crippen molar-refractivity contribution in [2.24, 2.45) is 0 Å². The van der Waals surface area contributed by atoms with E-state index in [0.717, 1.165) is 16.8 Å². The Balaban J connectivity index is 1.64. The molecule has 0 saturated heterocycles. The van der Waals surface area contributed by atoms with E-state index in [1.54, 1.807) is 4.68 Å². The van der Waals surface area contributed by atoms with Crippen LogP contribution in [-0.2, 0) is 4.79 Å². The average Bonchev–Trinajstić information content (AvgIpc) is 3.28. The molecule has 1 amide bonds. The minimum absolute atomic E-state index is 0.213. The fourth-order valence-electron chi connectivity index (χ4n) is 4.16. The van der Waals surface area contributed by atoms with Crippen LogP contribution in [0.2, 0.25) is 0 Å². The number of nitrogens with zero attached hydrogens (tertiary/aromatic N) is 3. The summed E-state index contributed by atoms with van der Waals surface area (Å²) in [5.74, 6) is 1.65. The number of anilines is 2. The number of hydrogen-bond acceptors (Lipinski definition) is 5. The molecule has 0 radical (unpaired) electrons. The van der Waals surface area contributed by atoms with E-state index < -0.39 is 6.04 Å². The van der Waals surface area contributed by atoms with Crippen LogP contribution in [0.15, 0.2) is 96.2 Å². The third-order valence-corrected chi connectivity index (χ3v) is 5.67. The molecule has 0 spiro atoms. The van der Waals surface area contributed by atoms with Gasteiger partial charge in [-0.05, 0) is 32.0 Å². The standard InChI is InChI=1S/C27H25N5O2/c1-3-34-22-17-11-10-16-21(22)24-23(26(33)29-20-14-8-5-9-15-20)18(2)28-27-30-25(31-32(24)27)19-12-6-4-7-13-19/h4-17,24H,3H2,1-2H3,(H,29,33)(H,28,30,31). The highest BCUT2D eigenvalue weighted by Gasteiger charge is 2.36. The average molecular weight is 452 g/mol. The Hall–Kier alpha value is -4.39. The maximum atomic E-state index is 13.6. The number of carbonyl (C=O) groups is 1. The van der Waals surface area contributed by atoms with Crippen molar-refractivity contribution in [3.8, 4) is 17.1 Å². The first-order chi connectivity index (χ1) is 16.7. The van der Waals surface area contributed by atoms with E-state index >= 15 is 0 Å². The van der Waals surface area contributed by atoms with E-state index in [1.807, 2.05) is 98.8 Å². The van der Waals surface area contributed by atoms with Gasteiger partial charge >= 0.3 is 0 Å². The van der Waals surface area contributed by atoms with Gasteiger partial charge in [-0.1, -0.05) is 66.7 Å². The largest absolute Gasteiger partial charge is 0.494 e. The van der Waals surface area contributed by atoms with Crippen molar-refractivity contribution in [1.29, 1.82) is 0 Å². The van der Waals surface area contributed by atoms with Crippen molar-refractivity contribution in [3.63, 3.8) is 0 Å². The van der Waals surface area contributed by atoms with E-state index in [1.165, 1.54) is 0 Å². The lowest BCUT2D eigenvalue weighted by molar-refractivity contribution is -0.113. The number of amides is 1. The van der Waals surface area contributed by atoms with Crippen molar-refractivity contribution < 1.29 is 9.53 Å². The molecule has 0 aliphatic carbocycles. The van der Waals surface area contributed by atoms with E-state index in [4.69, 9.17) is 14.8 Å². The lowest BCUT2D eigenvalue weighted by Crippen LogP contribution is -2.31. The molecule has 1 aromatic heterocycles. The predicted octanol–water partition coefficient (Wildman–Crippen LogP) is 5.27. The van der Waals surface area contributed by atoms with E-state index in [9.17, 15) is 4.79 Å². The highest BCUT2D eigenvalue weighted by atomic mass is 16.5. The summed E-state index contributed by atoms with van der Waals surface area (Å²) in [6.07, 6.45) is 0. The number of nitrogens with one attached hydrogen (secondary N) is 2. The lowest BCUT2D eigenvalue weighted by Gasteiger charge is -2.29. The maximum absolute atomic E-state index is 13.6. The van der Waals surface area contributed by atoms with Crippen molar-refractivity contribution in [2.45, 2.75) is 19.9 Å². The van der Waals surface area contributed by atoms with Gasteiger partial charge < -0.3 is 15.4 Å². The van der Waals surface area contributed by atoms with Crippen molar-refractivity contribution in [2.75, 3.05) is 17.2 Å². The first kappa shape index (κ1) is 21.5. The van der Waals surface area contributed by atoms with Gasteiger partial charge in [0.25, 0.3) is 5.91 Å². The first-order valence-electron chi connectivity index (χ1n) is 11.2. The molecule has 0 saturated carbocycles. The number of aromatic nitrogens is 3. The summed E-state index contributed by atoms with van der Waals surface area (Å²) in [4.78, 5) is 18.3. The number of allylic oxidation sites excluding steroid dienone is 1. The second kappa shape index (κ2) is 9.23. The zero-order valence-corrected chi connectivity index (χ0v) is 19.0. The van der Waals surface area contributed by atoms with Crippen LogP contribution in [0.3, 0.4) is 0 Å². The highest BCUT2D eigenvalue weighted by Crippen LogP contribution is 2.40. The van der Waals surface area contributed by atoms with Crippen LogP contribution >= 0.6 is 0 Å². The number of rotatable bonds is 6. The predicted molar refractivity (Wildman–Crippen MR) is 133 cm³/mol. The van der Waals surface area contributed by atoms with Crippen LogP contribution in [0, 0.1) is 0 Å². The van der Waals surface area contributed by atoms with Gasteiger partial charge in [0.15, 0.2) is 5.82 Å². The normalized spacial score (nSPS) is 14.8. The molecule has 5 rings (SSSR count). The van der Waals surface area contributed by atoms with Crippen LogP contribution in [0.25, 0.3) is 11.4 Å². The molecule has 34 heavy (non-hydrogen) atoms. The maximum Gasteiger partial charge on any atom is 0.255 e. The number of fused-ring (bicyclic) bond motifs is 1. The van der Waals surface area contributed by atoms with Gasteiger partial charge in [0.05, 0.1) is 12.2 Å². The van der Waals surface area contributed by atoms with Gasteiger partial charge in [0, 0.05) is 22.5 Å². The molecular formula is C27H25N5O2. The summed E-state index contributed by atoms with van der Waals surface area (Å²) in [6, 6.07) is 26.4. The molecule has 4 aromatic rings. The van der Waals surface area contributed by atoms with Crippen LogP contribution in [0.4, 0.5) is 11.6 Å². The molecule has 7 heteroatoms. The van der Waals surface area contributed by atoms with E-state index in [0.29, 0.717) is 35.4 Å². The fourth-order valence-corrected chi connectivity index (χ4v) is 4.16. The topological polar surface area (TPSA) is 81.1 Å². The Labute approximate surface area is 198 Å². The van der Waals surface area contributed by atoms with Gasteiger partial charge in [-0.15, -0.1) is 5.10 Å². The molecule has 0 fully saturated rings. The number of carbonyl (C=O) groups excluding carboxylic acids is 1. The molecule has 1 atom stereocenters. The molecule has 0 bridgehead atoms. The van der Waals surface area contributed by atoms with Gasteiger partial charge in [-0.3, -0.25) is 4.79 Å². The number of benzene rings is 3. The smallest absolute Gasteiger partial charge is 0.255 e. The van der Waals surface area contributed by atoms with Gasteiger partial charge in [0.2, 0.25) is 5.95 Å². The van der Waals surface area contributed by atoms with Crippen LogP contribution in [0.5, 0.6) is 5.75 Å². The second-order valence-corrected chi connectivity index (χ2v) is 7.93.